The Balaban J connectivity index is 1.79. The van der Waals surface area contributed by atoms with Gasteiger partial charge >= 0.3 is 5.97 Å². The van der Waals surface area contributed by atoms with Crippen molar-refractivity contribution in [2.24, 2.45) is 0 Å². The molecular weight excluding hydrogens is 400 g/mol. The van der Waals surface area contributed by atoms with E-state index in [1.165, 1.54) is 12.1 Å². The Bertz CT molecular complexity index is 1100. The third-order valence-corrected chi connectivity index (χ3v) is 4.32. The van der Waals surface area contributed by atoms with Gasteiger partial charge in [-0.05, 0) is 36.8 Å². The van der Waals surface area contributed by atoms with Gasteiger partial charge in [-0.1, -0.05) is 42.5 Å². The van der Waals surface area contributed by atoms with Gasteiger partial charge in [-0.25, -0.2) is 4.79 Å². The van der Waals surface area contributed by atoms with Gasteiger partial charge < -0.3 is 14.8 Å². The largest absolute Gasteiger partial charge is 0.488 e. The van der Waals surface area contributed by atoms with E-state index in [-0.39, 0.29) is 30.0 Å². The topological polar surface area (TPSA) is 108 Å². The van der Waals surface area contributed by atoms with E-state index in [2.05, 4.69) is 5.32 Å². The molecule has 0 fully saturated rings. The minimum Gasteiger partial charge on any atom is -0.488 e. The van der Waals surface area contributed by atoms with Crippen molar-refractivity contribution in [3.05, 3.63) is 99.6 Å². The zero-order valence-corrected chi connectivity index (χ0v) is 16.7. The molecule has 0 radical (unpaired) electrons. The van der Waals surface area contributed by atoms with Crippen LogP contribution in [0.1, 0.15) is 33.2 Å². The zero-order valence-electron chi connectivity index (χ0n) is 16.7. The van der Waals surface area contributed by atoms with Crippen LogP contribution in [0.25, 0.3) is 0 Å². The summed E-state index contributed by atoms with van der Waals surface area (Å²) in [6.45, 7) is 1.98. The van der Waals surface area contributed by atoms with E-state index in [1.807, 2.05) is 30.3 Å². The fraction of sp³-hybridized carbons (Fsp3) is 0.130. The first-order valence-electron chi connectivity index (χ1n) is 9.52. The molecule has 0 aliphatic rings. The standard InChI is InChI=1S/C23H20N2O6/c1-2-30-23(27)18-13-12-17(14-20(18)25(28)29)24-22(26)19-10-6-7-11-21(19)31-15-16-8-4-3-5-9-16/h3-14H,2,15H2,1H3,(H,24,26). The van der Waals surface area contributed by atoms with Crippen LogP contribution in [0, 0.1) is 10.1 Å². The number of nitro groups is 1. The fourth-order valence-electron chi connectivity index (χ4n) is 2.86. The second-order valence-corrected chi connectivity index (χ2v) is 6.43. The van der Waals surface area contributed by atoms with Crippen LogP contribution < -0.4 is 10.1 Å². The van der Waals surface area contributed by atoms with Crippen molar-refractivity contribution < 1.29 is 24.0 Å². The summed E-state index contributed by atoms with van der Waals surface area (Å²) >= 11 is 0. The molecule has 0 atom stereocenters. The van der Waals surface area contributed by atoms with Gasteiger partial charge in [0.25, 0.3) is 11.6 Å². The molecule has 0 aliphatic heterocycles. The summed E-state index contributed by atoms with van der Waals surface area (Å²) < 4.78 is 10.6. The second kappa shape index (κ2) is 10.0. The first-order valence-corrected chi connectivity index (χ1v) is 9.52. The number of para-hydroxylation sites is 1. The Morgan fingerprint density at radius 2 is 1.68 bits per heavy atom. The molecule has 3 aromatic carbocycles. The lowest BCUT2D eigenvalue weighted by atomic mass is 10.1. The average Bonchev–Trinajstić information content (AvgIpc) is 2.78. The minimum absolute atomic E-state index is 0.0915. The molecule has 0 saturated carbocycles. The highest BCUT2D eigenvalue weighted by Crippen LogP contribution is 2.26. The van der Waals surface area contributed by atoms with Crippen LogP contribution >= 0.6 is 0 Å². The number of nitro benzene ring substituents is 1. The highest BCUT2D eigenvalue weighted by atomic mass is 16.6. The monoisotopic (exact) mass is 420 g/mol. The van der Waals surface area contributed by atoms with Crippen molar-refractivity contribution in [1.82, 2.24) is 0 Å². The van der Waals surface area contributed by atoms with Crippen molar-refractivity contribution in [1.29, 1.82) is 0 Å². The van der Waals surface area contributed by atoms with Gasteiger partial charge in [0, 0.05) is 11.8 Å². The number of anilines is 1. The lowest BCUT2D eigenvalue weighted by Crippen LogP contribution is -2.14. The Morgan fingerprint density at radius 1 is 0.968 bits per heavy atom. The molecule has 0 saturated heterocycles. The number of esters is 1. The summed E-state index contributed by atoms with van der Waals surface area (Å²) in [5.41, 5.74) is 0.752. The second-order valence-electron chi connectivity index (χ2n) is 6.43. The number of amides is 1. The highest BCUT2D eigenvalue weighted by molar-refractivity contribution is 6.06. The molecule has 0 bridgehead atoms. The molecule has 3 aromatic rings. The van der Waals surface area contributed by atoms with E-state index in [9.17, 15) is 19.7 Å². The lowest BCUT2D eigenvalue weighted by Gasteiger charge is -2.12. The van der Waals surface area contributed by atoms with Gasteiger partial charge in [-0.2, -0.15) is 0 Å². The predicted molar refractivity (Wildman–Crippen MR) is 114 cm³/mol. The molecule has 8 nitrogen and oxygen atoms in total. The summed E-state index contributed by atoms with van der Waals surface area (Å²) in [6.07, 6.45) is 0. The fourth-order valence-corrected chi connectivity index (χ4v) is 2.86. The Kier molecular flexibility index (Phi) is 6.95. The molecule has 0 heterocycles. The molecule has 0 spiro atoms. The maximum absolute atomic E-state index is 12.8. The number of hydrogen-bond donors (Lipinski definition) is 1. The number of hydrogen-bond acceptors (Lipinski definition) is 6. The molecule has 0 aromatic heterocycles. The number of carbonyl (C=O) groups excluding carboxylic acids is 2. The van der Waals surface area contributed by atoms with Crippen molar-refractivity contribution in [3.8, 4) is 5.75 Å². The lowest BCUT2D eigenvalue weighted by molar-refractivity contribution is -0.385. The summed E-state index contributed by atoms with van der Waals surface area (Å²) in [5.74, 6) is -0.921. The molecule has 158 valence electrons. The van der Waals surface area contributed by atoms with Crippen LogP contribution in [0.2, 0.25) is 0 Å². The van der Waals surface area contributed by atoms with Crippen LogP contribution in [-0.4, -0.2) is 23.4 Å². The minimum atomic E-state index is -0.799. The molecule has 1 N–H and O–H groups in total. The van der Waals surface area contributed by atoms with Crippen LogP contribution in [-0.2, 0) is 11.3 Å². The van der Waals surface area contributed by atoms with Gasteiger partial charge in [0.1, 0.15) is 17.9 Å². The summed E-state index contributed by atoms with van der Waals surface area (Å²) in [4.78, 5) is 35.4. The molecule has 3 rings (SSSR count). The van der Waals surface area contributed by atoms with Crippen molar-refractivity contribution in [3.63, 3.8) is 0 Å². The Hall–Kier alpha value is -4.20. The van der Waals surface area contributed by atoms with Gasteiger partial charge in [0.05, 0.1) is 17.1 Å². The van der Waals surface area contributed by atoms with Crippen LogP contribution in [0.15, 0.2) is 72.8 Å². The van der Waals surface area contributed by atoms with Gasteiger partial charge in [0.15, 0.2) is 0 Å². The van der Waals surface area contributed by atoms with Crippen LogP contribution in [0.3, 0.4) is 0 Å². The zero-order chi connectivity index (χ0) is 22.2. The normalized spacial score (nSPS) is 10.2. The summed E-state index contributed by atoms with van der Waals surface area (Å²) in [7, 11) is 0. The van der Waals surface area contributed by atoms with Crippen molar-refractivity contribution >= 4 is 23.3 Å². The smallest absolute Gasteiger partial charge is 0.345 e. The Morgan fingerprint density at radius 3 is 2.39 bits per heavy atom. The molecular formula is C23H20N2O6. The van der Waals surface area contributed by atoms with Gasteiger partial charge in [-0.3, -0.25) is 14.9 Å². The first-order chi connectivity index (χ1) is 15.0. The van der Waals surface area contributed by atoms with E-state index < -0.39 is 22.5 Å². The van der Waals surface area contributed by atoms with E-state index in [4.69, 9.17) is 9.47 Å². The summed E-state index contributed by atoms with van der Waals surface area (Å²) in [6, 6.07) is 20.0. The summed E-state index contributed by atoms with van der Waals surface area (Å²) in [5, 5.41) is 14.0. The molecule has 31 heavy (non-hydrogen) atoms. The van der Waals surface area contributed by atoms with Gasteiger partial charge in [-0.15, -0.1) is 0 Å². The molecule has 0 unspecified atom stereocenters. The van der Waals surface area contributed by atoms with E-state index in [0.29, 0.717) is 5.75 Å². The van der Waals surface area contributed by atoms with E-state index in [0.717, 1.165) is 11.6 Å². The predicted octanol–water partition coefficient (Wildman–Crippen LogP) is 4.60. The number of carbonyl (C=O) groups is 2. The average molecular weight is 420 g/mol. The number of nitrogens with zero attached hydrogens (tertiary/aromatic N) is 1. The van der Waals surface area contributed by atoms with Crippen molar-refractivity contribution in [2.45, 2.75) is 13.5 Å². The van der Waals surface area contributed by atoms with Crippen LogP contribution in [0.5, 0.6) is 5.75 Å². The van der Waals surface area contributed by atoms with Crippen LogP contribution in [0.4, 0.5) is 11.4 Å². The quantitative estimate of drug-likeness (QED) is 0.324. The molecule has 8 heteroatoms. The number of nitrogens with one attached hydrogen (secondary N) is 1. The maximum Gasteiger partial charge on any atom is 0.345 e. The Labute approximate surface area is 178 Å². The van der Waals surface area contributed by atoms with E-state index >= 15 is 0 Å². The maximum atomic E-state index is 12.8. The highest BCUT2D eigenvalue weighted by Gasteiger charge is 2.23. The third kappa shape index (κ3) is 5.45. The number of rotatable bonds is 8. The number of ether oxygens (including phenoxy) is 2. The number of benzene rings is 3. The third-order valence-electron chi connectivity index (χ3n) is 4.32. The van der Waals surface area contributed by atoms with Crippen molar-refractivity contribution in [2.75, 3.05) is 11.9 Å². The SMILES string of the molecule is CCOC(=O)c1ccc(NC(=O)c2ccccc2OCc2ccccc2)cc1[N+](=O)[O-]. The molecule has 1 amide bonds. The molecule has 0 aliphatic carbocycles. The van der Waals surface area contributed by atoms with Gasteiger partial charge in [0.2, 0.25) is 0 Å². The first kappa shape index (κ1) is 21.5. The van der Waals surface area contributed by atoms with E-state index in [1.54, 1.807) is 31.2 Å².